The average molecular weight is 639 g/mol. The summed E-state index contributed by atoms with van der Waals surface area (Å²) in [6.07, 6.45) is 22.9. The predicted octanol–water partition coefficient (Wildman–Crippen LogP) is 11.4. The lowest BCUT2D eigenvalue weighted by Gasteiger charge is -2.14. The van der Waals surface area contributed by atoms with E-state index in [0.29, 0.717) is 28.9 Å². The van der Waals surface area contributed by atoms with Crippen LogP contribution in [0.25, 0.3) is 0 Å². The standard InChI is InChI=1S/C42H58N2O3/c1-3-4-5-6-7-8-9-10-11-12-13-14-15-16-17-18-22-25-40(45)43-37-30-31-39(38(33-37)42(47)36-23-20-19-21-24-36)44-41(46)32-35-28-26-34(2)27-29-35/h19-21,23-24,26-31,33H,3-18,22,25,32H2,1-2H3,(H,43,45)(H,44,46). The molecule has 2 N–H and O–H groups in total. The Kier molecular flexibility index (Phi) is 18.3. The molecule has 3 aromatic carbocycles. The van der Waals surface area contributed by atoms with Crippen molar-refractivity contribution in [2.75, 3.05) is 10.6 Å². The molecule has 254 valence electrons. The summed E-state index contributed by atoms with van der Waals surface area (Å²) in [4.78, 5) is 39.1. The number of unbranched alkanes of at least 4 members (excludes halogenated alkanes) is 16. The first-order valence-electron chi connectivity index (χ1n) is 18.4. The van der Waals surface area contributed by atoms with Gasteiger partial charge in [0.25, 0.3) is 0 Å². The van der Waals surface area contributed by atoms with Crippen LogP contribution >= 0.6 is 0 Å². The van der Waals surface area contributed by atoms with Gasteiger partial charge in [-0.2, -0.15) is 0 Å². The molecular formula is C42H58N2O3. The van der Waals surface area contributed by atoms with Gasteiger partial charge < -0.3 is 10.6 Å². The minimum Gasteiger partial charge on any atom is -0.326 e. The normalized spacial score (nSPS) is 10.9. The molecular weight excluding hydrogens is 580 g/mol. The van der Waals surface area contributed by atoms with Crippen molar-refractivity contribution < 1.29 is 14.4 Å². The average Bonchev–Trinajstić information content (AvgIpc) is 3.08. The summed E-state index contributed by atoms with van der Waals surface area (Å²) in [7, 11) is 0. The summed E-state index contributed by atoms with van der Waals surface area (Å²) >= 11 is 0. The van der Waals surface area contributed by atoms with Gasteiger partial charge in [-0.25, -0.2) is 0 Å². The zero-order chi connectivity index (χ0) is 33.5. The van der Waals surface area contributed by atoms with Crippen LogP contribution in [0.3, 0.4) is 0 Å². The molecule has 0 aliphatic heterocycles. The first kappa shape index (κ1) is 37.7. The number of hydrogen-bond donors (Lipinski definition) is 2. The zero-order valence-corrected chi connectivity index (χ0v) is 29.1. The van der Waals surface area contributed by atoms with E-state index in [0.717, 1.165) is 30.4 Å². The minimum atomic E-state index is -0.208. The number of benzene rings is 3. The Balaban J connectivity index is 1.36. The van der Waals surface area contributed by atoms with Crippen LogP contribution in [-0.2, 0) is 16.0 Å². The van der Waals surface area contributed by atoms with Gasteiger partial charge in [0.15, 0.2) is 5.78 Å². The molecule has 0 saturated carbocycles. The van der Waals surface area contributed by atoms with E-state index in [4.69, 9.17) is 0 Å². The summed E-state index contributed by atoms with van der Waals surface area (Å²) in [5.74, 6) is -0.465. The van der Waals surface area contributed by atoms with E-state index in [1.807, 2.05) is 49.4 Å². The smallest absolute Gasteiger partial charge is 0.228 e. The van der Waals surface area contributed by atoms with Gasteiger partial charge >= 0.3 is 0 Å². The number of aryl methyl sites for hydroxylation is 1. The van der Waals surface area contributed by atoms with Crippen molar-refractivity contribution in [3.05, 3.63) is 95.1 Å². The highest BCUT2D eigenvalue weighted by molar-refractivity contribution is 6.14. The van der Waals surface area contributed by atoms with Gasteiger partial charge in [0.2, 0.25) is 11.8 Å². The topological polar surface area (TPSA) is 75.3 Å². The van der Waals surface area contributed by atoms with E-state index in [-0.39, 0.29) is 24.0 Å². The molecule has 0 radical (unpaired) electrons. The second-order valence-electron chi connectivity index (χ2n) is 13.1. The molecule has 47 heavy (non-hydrogen) atoms. The van der Waals surface area contributed by atoms with Gasteiger partial charge in [-0.3, -0.25) is 14.4 Å². The van der Waals surface area contributed by atoms with Crippen LogP contribution in [0, 0.1) is 6.92 Å². The highest BCUT2D eigenvalue weighted by atomic mass is 16.2. The molecule has 0 unspecified atom stereocenters. The summed E-state index contributed by atoms with van der Waals surface area (Å²) in [5, 5.41) is 5.88. The maximum Gasteiger partial charge on any atom is 0.228 e. The van der Waals surface area contributed by atoms with Gasteiger partial charge in [-0.1, -0.05) is 170 Å². The first-order valence-corrected chi connectivity index (χ1v) is 18.4. The third-order valence-corrected chi connectivity index (χ3v) is 8.85. The fourth-order valence-electron chi connectivity index (χ4n) is 5.98. The maximum atomic E-state index is 13.5. The molecule has 0 fully saturated rings. The number of anilines is 2. The molecule has 3 rings (SSSR count). The Bertz CT molecular complexity index is 1330. The highest BCUT2D eigenvalue weighted by Gasteiger charge is 2.17. The molecule has 0 spiro atoms. The number of hydrogen-bond acceptors (Lipinski definition) is 3. The van der Waals surface area contributed by atoms with Crippen LogP contribution in [0.2, 0.25) is 0 Å². The van der Waals surface area contributed by atoms with Crippen molar-refractivity contribution in [1.82, 2.24) is 0 Å². The number of ketones is 1. The van der Waals surface area contributed by atoms with E-state index in [2.05, 4.69) is 17.6 Å². The van der Waals surface area contributed by atoms with Crippen molar-refractivity contribution >= 4 is 29.0 Å². The van der Waals surface area contributed by atoms with Crippen molar-refractivity contribution in [2.45, 2.75) is 136 Å². The van der Waals surface area contributed by atoms with Gasteiger partial charge in [0.05, 0.1) is 12.1 Å². The Labute approximate surface area is 284 Å². The number of carbonyl (C=O) groups excluding carboxylic acids is 3. The molecule has 5 nitrogen and oxygen atoms in total. The molecule has 0 saturated heterocycles. The summed E-state index contributed by atoms with van der Waals surface area (Å²) < 4.78 is 0. The third-order valence-electron chi connectivity index (χ3n) is 8.85. The number of rotatable bonds is 24. The molecule has 0 aliphatic carbocycles. The van der Waals surface area contributed by atoms with Crippen LogP contribution in [0.15, 0.2) is 72.8 Å². The van der Waals surface area contributed by atoms with E-state index in [9.17, 15) is 14.4 Å². The molecule has 0 atom stereocenters. The molecule has 5 heteroatoms. The van der Waals surface area contributed by atoms with Crippen molar-refractivity contribution in [2.24, 2.45) is 0 Å². The third kappa shape index (κ3) is 15.6. The lowest BCUT2D eigenvalue weighted by atomic mass is 10.0. The first-order chi connectivity index (χ1) is 23.0. The Morgan fingerprint density at radius 1 is 0.553 bits per heavy atom. The molecule has 3 aromatic rings. The highest BCUT2D eigenvalue weighted by Crippen LogP contribution is 2.25. The van der Waals surface area contributed by atoms with Crippen LogP contribution in [0.5, 0.6) is 0 Å². The summed E-state index contributed by atoms with van der Waals surface area (Å²) in [6.45, 7) is 4.28. The Morgan fingerprint density at radius 2 is 1.09 bits per heavy atom. The van der Waals surface area contributed by atoms with E-state index < -0.39 is 0 Å². The lowest BCUT2D eigenvalue weighted by Crippen LogP contribution is -2.18. The summed E-state index contributed by atoms with van der Waals surface area (Å²) in [6, 6.07) is 21.9. The van der Waals surface area contributed by atoms with Crippen molar-refractivity contribution in [3.8, 4) is 0 Å². The van der Waals surface area contributed by atoms with E-state index in [1.54, 1.807) is 30.3 Å². The molecule has 0 heterocycles. The van der Waals surface area contributed by atoms with Crippen LogP contribution in [0.4, 0.5) is 11.4 Å². The quantitative estimate of drug-likeness (QED) is 0.0757. The van der Waals surface area contributed by atoms with Gasteiger partial charge in [0, 0.05) is 23.2 Å². The minimum absolute atomic E-state index is 0.0553. The maximum absolute atomic E-state index is 13.5. The summed E-state index contributed by atoms with van der Waals surface area (Å²) in [5.41, 5.74) is 3.89. The van der Waals surface area contributed by atoms with Crippen molar-refractivity contribution in [3.63, 3.8) is 0 Å². The Morgan fingerprint density at radius 3 is 1.64 bits per heavy atom. The van der Waals surface area contributed by atoms with Gasteiger partial charge in [-0.05, 0) is 37.1 Å². The van der Waals surface area contributed by atoms with E-state index >= 15 is 0 Å². The monoisotopic (exact) mass is 638 g/mol. The largest absolute Gasteiger partial charge is 0.326 e. The second kappa shape index (κ2) is 22.7. The van der Waals surface area contributed by atoms with Crippen molar-refractivity contribution in [1.29, 1.82) is 0 Å². The molecule has 0 bridgehead atoms. The SMILES string of the molecule is CCCCCCCCCCCCCCCCCCCC(=O)Nc1ccc(NC(=O)Cc2ccc(C)cc2)c(C(=O)c2ccccc2)c1. The lowest BCUT2D eigenvalue weighted by molar-refractivity contribution is -0.116. The number of nitrogens with one attached hydrogen (secondary N) is 2. The zero-order valence-electron chi connectivity index (χ0n) is 29.1. The molecule has 2 amide bonds. The fraction of sp³-hybridized carbons (Fsp3) is 0.500. The van der Waals surface area contributed by atoms with Crippen LogP contribution in [-0.4, -0.2) is 17.6 Å². The number of amides is 2. The fourth-order valence-corrected chi connectivity index (χ4v) is 5.98. The second-order valence-corrected chi connectivity index (χ2v) is 13.1. The van der Waals surface area contributed by atoms with Gasteiger partial charge in [-0.15, -0.1) is 0 Å². The Hall–Kier alpha value is -3.73. The van der Waals surface area contributed by atoms with E-state index in [1.165, 1.54) is 89.9 Å². The van der Waals surface area contributed by atoms with Crippen LogP contribution < -0.4 is 10.6 Å². The number of carbonyl (C=O) groups is 3. The predicted molar refractivity (Wildman–Crippen MR) is 197 cm³/mol. The van der Waals surface area contributed by atoms with Gasteiger partial charge in [0.1, 0.15) is 0 Å². The van der Waals surface area contributed by atoms with Crippen LogP contribution in [0.1, 0.15) is 150 Å². The molecule has 0 aliphatic rings. The molecule has 0 aromatic heterocycles.